The van der Waals surface area contributed by atoms with Gasteiger partial charge < -0.3 is 14.6 Å². The first-order valence-corrected chi connectivity index (χ1v) is 8.02. The summed E-state index contributed by atoms with van der Waals surface area (Å²) in [5.74, 6) is 1.15. The van der Waals surface area contributed by atoms with Gasteiger partial charge in [0.15, 0.2) is 0 Å². The molecule has 1 aromatic carbocycles. The van der Waals surface area contributed by atoms with Crippen molar-refractivity contribution in [2.45, 2.75) is 57.8 Å². The number of imidazole rings is 1. The van der Waals surface area contributed by atoms with Gasteiger partial charge in [0, 0.05) is 19.7 Å². The van der Waals surface area contributed by atoms with Gasteiger partial charge in [-0.3, -0.25) is 0 Å². The van der Waals surface area contributed by atoms with E-state index >= 15 is 0 Å². The van der Waals surface area contributed by atoms with Crippen LogP contribution < -0.4 is 5.32 Å². The molecule has 4 heteroatoms. The summed E-state index contributed by atoms with van der Waals surface area (Å²) in [4.78, 5) is 4.80. The number of hydrogen-bond acceptors (Lipinski definition) is 3. The van der Waals surface area contributed by atoms with E-state index in [1.165, 1.54) is 18.4 Å². The van der Waals surface area contributed by atoms with Crippen molar-refractivity contribution in [1.82, 2.24) is 14.9 Å². The van der Waals surface area contributed by atoms with Gasteiger partial charge in [-0.1, -0.05) is 19.1 Å². The minimum atomic E-state index is 0.428. The monoisotopic (exact) mass is 287 g/mol. The third kappa shape index (κ3) is 3.11. The predicted octanol–water partition coefficient (Wildman–Crippen LogP) is 3.10. The molecule has 1 heterocycles. The van der Waals surface area contributed by atoms with E-state index in [0.717, 1.165) is 37.3 Å². The smallest absolute Gasteiger partial charge is 0.123 e. The highest BCUT2D eigenvalue weighted by atomic mass is 16.5. The molecule has 1 aliphatic rings. The third-order valence-electron chi connectivity index (χ3n) is 4.45. The zero-order chi connectivity index (χ0) is 14.7. The normalized spacial score (nSPS) is 22.2. The quantitative estimate of drug-likeness (QED) is 0.887. The molecule has 0 bridgehead atoms. The van der Waals surface area contributed by atoms with Crippen LogP contribution in [-0.4, -0.2) is 28.8 Å². The molecule has 1 N–H and O–H groups in total. The molecule has 0 aliphatic heterocycles. The summed E-state index contributed by atoms with van der Waals surface area (Å²) in [6.07, 6.45) is 5.04. The number of rotatable bonds is 6. The van der Waals surface area contributed by atoms with Crippen LogP contribution in [0.3, 0.4) is 0 Å². The Hall–Kier alpha value is -1.39. The minimum absolute atomic E-state index is 0.428. The van der Waals surface area contributed by atoms with Gasteiger partial charge in [-0.2, -0.15) is 0 Å². The number of para-hydroxylation sites is 2. The number of nitrogens with one attached hydrogen (secondary N) is 1. The Morgan fingerprint density at radius 2 is 2.19 bits per heavy atom. The maximum atomic E-state index is 5.44. The van der Waals surface area contributed by atoms with E-state index in [1.807, 2.05) is 7.11 Å². The molecule has 3 rings (SSSR count). The molecule has 0 radical (unpaired) electrons. The second kappa shape index (κ2) is 6.58. The molecule has 4 nitrogen and oxygen atoms in total. The van der Waals surface area contributed by atoms with Crippen molar-refractivity contribution >= 4 is 11.0 Å². The Morgan fingerprint density at radius 3 is 2.95 bits per heavy atom. The highest BCUT2D eigenvalue weighted by Gasteiger charge is 2.24. The average molecular weight is 287 g/mol. The van der Waals surface area contributed by atoms with Gasteiger partial charge in [0.1, 0.15) is 5.82 Å². The standard InChI is InChI=1S/C17H25N3O/c1-3-10-20-16-7-5-4-6-15(16)19-17(20)12-18-13-8-9-14(11-13)21-2/h4-7,13-14,18H,3,8-12H2,1-2H3. The van der Waals surface area contributed by atoms with Gasteiger partial charge >= 0.3 is 0 Å². The van der Waals surface area contributed by atoms with Crippen LogP contribution in [0.15, 0.2) is 24.3 Å². The number of aryl methyl sites for hydroxylation is 1. The van der Waals surface area contributed by atoms with E-state index in [-0.39, 0.29) is 0 Å². The maximum Gasteiger partial charge on any atom is 0.123 e. The van der Waals surface area contributed by atoms with E-state index in [1.54, 1.807) is 0 Å². The second-order valence-electron chi connectivity index (χ2n) is 5.92. The lowest BCUT2D eigenvalue weighted by molar-refractivity contribution is 0.107. The summed E-state index contributed by atoms with van der Waals surface area (Å²) in [5, 5.41) is 3.66. The highest BCUT2D eigenvalue weighted by molar-refractivity contribution is 5.75. The molecule has 2 aromatic rings. The van der Waals surface area contributed by atoms with Gasteiger partial charge in [-0.25, -0.2) is 4.98 Å². The molecule has 1 aliphatic carbocycles. The Labute approximate surface area is 126 Å². The van der Waals surface area contributed by atoms with Crippen LogP contribution in [0.2, 0.25) is 0 Å². The Bertz CT molecular complexity index is 593. The van der Waals surface area contributed by atoms with E-state index in [0.29, 0.717) is 12.1 Å². The zero-order valence-corrected chi connectivity index (χ0v) is 13.0. The molecule has 21 heavy (non-hydrogen) atoms. The molecule has 2 unspecified atom stereocenters. The number of benzene rings is 1. The molecule has 0 saturated heterocycles. The lowest BCUT2D eigenvalue weighted by Crippen LogP contribution is -2.28. The second-order valence-corrected chi connectivity index (χ2v) is 5.92. The summed E-state index contributed by atoms with van der Waals surface area (Å²) in [6, 6.07) is 8.97. The first kappa shape index (κ1) is 14.5. The van der Waals surface area contributed by atoms with Crippen LogP contribution in [0.4, 0.5) is 0 Å². The fourth-order valence-corrected chi connectivity index (χ4v) is 3.31. The third-order valence-corrected chi connectivity index (χ3v) is 4.45. The Kier molecular flexibility index (Phi) is 4.56. The zero-order valence-electron chi connectivity index (χ0n) is 13.0. The molecular formula is C17H25N3O. The Balaban J connectivity index is 1.72. The predicted molar refractivity (Wildman–Crippen MR) is 85.3 cm³/mol. The van der Waals surface area contributed by atoms with Crippen LogP contribution in [0, 0.1) is 0 Å². The number of aromatic nitrogens is 2. The van der Waals surface area contributed by atoms with Crippen molar-refractivity contribution in [3.05, 3.63) is 30.1 Å². The fraction of sp³-hybridized carbons (Fsp3) is 0.588. The molecule has 1 fully saturated rings. The molecule has 2 atom stereocenters. The van der Waals surface area contributed by atoms with Gasteiger partial charge in [-0.05, 0) is 37.8 Å². The van der Waals surface area contributed by atoms with Gasteiger partial charge in [-0.15, -0.1) is 0 Å². The summed E-state index contributed by atoms with van der Waals surface area (Å²) in [7, 11) is 1.81. The number of hydrogen-bond donors (Lipinski definition) is 1. The van der Waals surface area contributed by atoms with Gasteiger partial charge in [0.05, 0.1) is 23.7 Å². The van der Waals surface area contributed by atoms with Crippen molar-refractivity contribution in [1.29, 1.82) is 0 Å². The number of ether oxygens (including phenoxy) is 1. The van der Waals surface area contributed by atoms with E-state index < -0.39 is 0 Å². The highest BCUT2D eigenvalue weighted by Crippen LogP contribution is 2.22. The lowest BCUT2D eigenvalue weighted by Gasteiger charge is -2.14. The number of nitrogens with zero attached hydrogens (tertiary/aromatic N) is 2. The molecule has 0 amide bonds. The first-order valence-electron chi connectivity index (χ1n) is 8.02. The van der Waals surface area contributed by atoms with Gasteiger partial charge in [0.2, 0.25) is 0 Å². The van der Waals surface area contributed by atoms with Crippen molar-refractivity contribution in [3.8, 4) is 0 Å². The molecule has 0 spiro atoms. The lowest BCUT2D eigenvalue weighted by atomic mass is 10.2. The van der Waals surface area contributed by atoms with Crippen LogP contribution >= 0.6 is 0 Å². The summed E-state index contributed by atoms with van der Waals surface area (Å²) >= 11 is 0. The van der Waals surface area contributed by atoms with E-state index in [2.05, 4.69) is 41.1 Å². The Morgan fingerprint density at radius 1 is 1.33 bits per heavy atom. The summed E-state index contributed by atoms with van der Waals surface area (Å²) < 4.78 is 7.80. The van der Waals surface area contributed by atoms with Crippen LogP contribution in [0.25, 0.3) is 11.0 Å². The molecular weight excluding hydrogens is 262 g/mol. The molecule has 114 valence electrons. The number of methoxy groups -OCH3 is 1. The largest absolute Gasteiger partial charge is 0.381 e. The first-order chi connectivity index (χ1) is 10.3. The minimum Gasteiger partial charge on any atom is -0.381 e. The van der Waals surface area contributed by atoms with E-state index in [9.17, 15) is 0 Å². The SMILES string of the molecule is CCCn1c(CNC2CCC(OC)C2)nc2ccccc21. The van der Waals surface area contributed by atoms with Crippen molar-refractivity contribution in [2.24, 2.45) is 0 Å². The molecule has 1 saturated carbocycles. The van der Waals surface area contributed by atoms with Crippen LogP contribution in [0.1, 0.15) is 38.4 Å². The van der Waals surface area contributed by atoms with Crippen LogP contribution in [0.5, 0.6) is 0 Å². The van der Waals surface area contributed by atoms with Crippen molar-refractivity contribution < 1.29 is 4.74 Å². The maximum absolute atomic E-state index is 5.44. The van der Waals surface area contributed by atoms with Crippen LogP contribution in [-0.2, 0) is 17.8 Å². The summed E-state index contributed by atoms with van der Waals surface area (Å²) in [6.45, 7) is 4.09. The van der Waals surface area contributed by atoms with Crippen molar-refractivity contribution in [2.75, 3.05) is 7.11 Å². The van der Waals surface area contributed by atoms with Gasteiger partial charge in [0.25, 0.3) is 0 Å². The van der Waals surface area contributed by atoms with E-state index in [4.69, 9.17) is 9.72 Å². The molecule has 1 aromatic heterocycles. The van der Waals surface area contributed by atoms with Crippen molar-refractivity contribution in [3.63, 3.8) is 0 Å². The topological polar surface area (TPSA) is 39.1 Å². The fourth-order valence-electron chi connectivity index (χ4n) is 3.31. The summed E-state index contributed by atoms with van der Waals surface area (Å²) in [5.41, 5.74) is 2.35. The number of fused-ring (bicyclic) bond motifs is 1. The average Bonchev–Trinajstić information content (AvgIpc) is 3.10.